The average molecular weight is 759 g/mol. The maximum atomic E-state index is 6.23. The van der Waals surface area contributed by atoms with E-state index in [1.54, 1.807) is 0 Å². The maximum absolute atomic E-state index is 6.23. The van der Waals surface area contributed by atoms with Crippen LogP contribution in [-0.2, 0) is 14.0 Å². The van der Waals surface area contributed by atoms with Crippen molar-refractivity contribution in [3.05, 3.63) is 0 Å². The van der Waals surface area contributed by atoms with Crippen LogP contribution in [0.3, 0.4) is 0 Å². The molecule has 0 radical (unpaired) electrons. The summed E-state index contributed by atoms with van der Waals surface area (Å²) < 4.78 is 18.7. The van der Waals surface area contributed by atoms with Gasteiger partial charge < -0.3 is 14.0 Å². The van der Waals surface area contributed by atoms with Crippen molar-refractivity contribution in [3.63, 3.8) is 0 Å². The van der Waals surface area contributed by atoms with Crippen molar-refractivity contribution in [1.29, 1.82) is 0 Å². The van der Waals surface area contributed by atoms with Crippen molar-refractivity contribution in [2.24, 2.45) is 0 Å². The third kappa shape index (κ3) is 50.9. The van der Waals surface area contributed by atoms with Gasteiger partial charge in [0.2, 0.25) is 0 Å². The first-order chi connectivity index (χ1) is 25.8. The molecule has 0 aliphatic carbocycles. The van der Waals surface area contributed by atoms with Crippen molar-refractivity contribution in [2.75, 3.05) is 19.8 Å². The minimum atomic E-state index is -1.39. The molecule has 0 saturated heterocycles. The van der Waals surface area contributed by atoms with Crippen LogP contribution in [0, 0.1) is 0 Å². The average Bonchev–Trinajstić information content (AvgIpc) is 3.15. The molecule has 5 heteroatoms. The Morgan fingerprint density at radius 1 is 0.208 bits per heavy atom. The minimum absolute atomic E-state index is 0. The van der Waals surface area contributed by atoms with E-state index >= 15 is 0 Å². The Balaban J connectivity index is 0. The van der Waals surface area contributed by atoms with Gasteiger partial charge in [0.1, 0.15) is 0 Å². The van der Waals surface area contributed by atoms with Crippen molar-refractivity contribution < 1.29 is 43.5 Å². The number of unbranched alkanes of at least 4 members (excludes halogenated alkanes) is 39. The predicted molar refractivity (Wildman–Crippen MR) is 236 cm³/mol. The molecule has 0 heterocycles. The third-order valence-corrected chi connectivity index (χ3v) is 11.4. The molecule has 0 aromatic heterocycles. The summed E-state index contributed by atoms with van der Waals surface area (Å²) >= 11 is 0. The molecular weight excluding hydrogens is 658 g/mol. The van der Waals surface area contributed by atoms with Crippen LogP contribution in [0.5, 0.6) is 0 Å². The molecule has 0 aromatic rings. The predicted octanol–water partition coefficient (Wildman–Crippen LogP) is 14.2. The Bertz CT molecular complexity index is 529. The summed E-state index contributed by atoms with van der Waals surface area (Å²) in [5.74, 6) is 0. The van der Waals surface area contributed by atoms with Gasteiger partial charge in [-0.15, -0.1) is 0 Å². The molecule has 0 saturated carbocycles. The Morgan fingerprint density at radius 3 is 0.491 bits per heavy atom. The summed E-state index contributed by atoms with van der Waals surface area (Å²) in [6.07, 6.45) is 58.4. The Morgan fingerprint density at radius 2 is 0.340 bits per heavy atom. The molecule has 0 spiro atoms. The van der Waals surface area contributed by atoms with Crippen LogP contribution >= 0.6 is 0 Å². The van der Waals surface area contributed by atoms with Gasteiger partial charge in [-0.1, -0.05) is 271 Å². The molecule has 0 aliphatic rings. The Hall–Kier alpha value is 0.945. The zero-order valence-corrected chi connectivity index (χ0v) is 39.8. The van der Waals surface area contributed by atoms with E-state index in [4.69, 9.17) is 14.0 Å². The normalized spacial score (nSPS) is 11.5. The first-order valence-electron chi connectivity index (χ1n) is 24.9. The van der Waals surface area contributed by atoms with Gasteiger partial charge >= 0.3 is 36.9 Å². The Kier molecular flexibility index (Phi) is 56.0. The molecule has 0 amide bonds. The van der Waals surface area contributed by atoms with Crippen LogP contribution in [0.25, 0.3) is 0 Å². The third-order valence-electron chi connectivity index (χ3n) is 11.4. The van der Waals surface area contributed by atoms with Crippen LogP contribution in [0.2, 0.25) is 0 Å². The van der Waals surface area contributed by atoms with Crippen LogP contribution in [-0.4, -0.2) is 27.1 Å². The van der Waals surface area contributed by atoms with E-state index < -0.39 is 7.32 Å². The summed E-state index contributed by atoms with van der Waals surface area (Å²) in [6.45, 7) is 9.32. The van der Waals surface area contributed by atoms with Gasteiger partial charge in [-0.05, 0) is 19.3 Å². The second-order valence-electron chi connectivity index (χ2n) is 16.9. The van der Waals surface area contributed by atoms with E-state index in [2.05, 4.69) is 20.8 Å². The zero-order valence-electron chi connectivity index (χ0n) is 37.8. The molecule has 0 unspecified atom stereocenters. The number of rotatable bonds is 48. The topological polar surface area (TPSA) is 27.7 Å². The van der Waals surface area contributed by atoms with E-state index in [0.29, 0.717) is 0 Å². The first kappa shape index (κ1) is 56.0. The van der Waals surface area contributed by atoms with E-state index in [0.717, 1.165) is 39.1 Å². The van der Waals surface area contributed by atoms with Crippen molar-refractivity contribution >= 4 is 7.32 Å². The van der Waals surface area contributed by atoms with Gasteiger partial charge in [0.25, 0.3) is 0 Å². The fraction of sp³-hybridized carbons (Fsp3) is 1.00. The number of hydrogen-bond donors (Lipinski definition) is 0. The van der Waals surface area contributed by atoms with Gasteiger partial charge in [-0.3, -0.25) is 0 Å². The van der Waals surface area contributed by atoms with Gasteiger partial charge in [-0.25, -0.2) is 0 Å². The maximum Gasteiger partial charge on any atom is 1.00 e. The second-order valence-corrected chi connectivity index (χ2v) is 16.9. The monoisotopic (exact) mass is 759 g/mol. The van der Waals surface area contributed by atoms with Crippen LogP contribution in [0.1, 0.15) is 290 Å². The van der Waals surface area contributed by atoms with Crippen molar-refractivity contribution in [1.82, 2.24) is 0 Å². The molecule has 53 heavy (non-hydrogen) atoms. The molecule has 0 atom stereocenters. The van der Waals surface area contributed by atoms with E-state index in [-0.39, 0.29) is 29.6 Å². The number of hydrogen-bond acceptors (Lipinski definition) is 3. The largest absolute Gasteiger partial charge is 1.00 e. The van der Waals surface area contributed by atoms with E-state index in [9.17, 15) is 0 Å². The molecule has 0 aromatic carbocycles. The van der Waals surface area contributed by atoms with Gasteiger partial charge in [-0.2, -0.15) is 0 Å². The van der Waals surface area contributed by atoms with Crippen molar-refractivity contribution in [2.45, 2.75) is 290 Å². The Labute approximate surface area is 359 Å². The van der Waals surface area contributed by atoms with Gasteiger partial charge in [0.05, 0.1) is 0 Å². The molecular formula is C48H100BNaO3. The summed E-state index contributed by atoms with van der Waals surface area (Å²) in [5.41, 5.74) is 0. The smallest absolute Gasteiger partial charge is 0.547 e. The van der Waals surface area contributed by atoms with Crippen LogP contribution < -0.4 is 29.6 Å². The first-order valence-corrected chi connectivity index (χ1v) is 24.9. The fourth-order valence-corrected chi connectivity index (χ4v) is 7.73. The fourth-order valence-electron chi connectivity index (χ4n) is 7.73. The molecule has 0 bridgehead atoms. The summed E-state index contributed by atoms with van der Waals surface area (Å²) in [7, 11) is -1.39. The summed E-state index contributed by atoms with van der Waals surface area (Å²) in [6, 6.07) is 0. The molecule has 0 N–H and O–H groups in total. The standard InChI is InChI=1S/C48H100BO3.Na/c1-4-7-10-13-16-19-22-25-28-31-34-37-40-43-46-50-49(51-47-44-41-38-35-32-29-26-23-20-17-14-11-8-5-2)52-48-45-42-39-36-33-30-27-24-21-18-15-12-9-6-3;/h49H,4-48H2,1-3H3;/q-1;+1. The zero-order chi connectivity index (χ0) is 37.5. The quantitative estimate of drug-likeness (QED) is 0.0457. The van der Waals surface area contributed by atoms with Crippen LogP contribution in [0.15, 0.2) is 0 Å². The van der Waals surface area contributed by atoms with E-state index in [1.165, 1.54) is 250 Å². The second kappa shape index (κ2) is 52.9. The van der Waals surface area contributed by atoms with E-state index in [1.807, 2.05) is 0 Å². The summed E-state index contributed by atoms with van der Waals surface area (Å²) in [4.78, 5) is 0. The van der Waals surface area contributed by atoms with Crippen molar-refractivity contribution in [3.8, 4) is 0 Å². The molecule has 314 valence electrons. The van der Waals surface area contributed by atoms with Gasteiger partial charge in [0.15, 0.2) is 0 Å². The van der Waals surface area contributed by atoms with Crippen LogP contribution in [0.4, 0.5) is 0 Å². The molecule has 3 nitrogen and oxygen atoms in total. The van der Waals surface area contributed by atoms with Gasteiger partial charge in [0, 0.05) is 19.8 Å². The molecule has 0 rings (SSSR count). The minimum Gasteiger partial charge on any atom is -0.547 e. The summed E-state index contributed by atoms with van der Waals surface area (Å²) in [5, 5.41) is 0. The SMILES string of the molecule is CCCCCCCCCCCCCCCCO[BH-](OCCCCCCCCCCCCCCCC)OCCCCCCCCCCCCCCCC.[Na+]. The molecule has 0 fully saturated rings. The molecule has 0 aliphatic heterocycles.